The molecule has 23 heavy (non-hydrogen) atoms. The highest BCUT2D eigenvalue weighted by Crippen LogP contribution is 2.34. The van der Waals surface area contributed by atoms with Crippen molar-refractivity contribution in [2.75, 3.05) is 7.11 Å². The molecule has 0 aliphatic carbocycles. The molecule has 0 aliphatic rings. The first-order chi connectivity index (χ1) is 10.9. The fourth-order valence-electron chi connectivity index (χ4n) is 1.62. The second-order valence-electron chi connectivity index (χ2n) is 4.13. The summed E-state index contributed by atoms with van der Waals surface area (Å²) in [7, 11) is 1.42. The molecular weight excluding hydrogens is 454 g/mol. The molecule has 1 heterocycles. The lowest BCUT2D eigenvalue weighted by molar-refractivity contribution is -0.400. The molecule has 0 bridgehead atoms. The number of benzene rings is 1. The largest absolute Gasteiger partial charge is 0.493 e. The molecule has 6 nitrogen and oxygen atoms in total. The third-order valence-corrected chi connectivity index (χ3v) is 5.86. The maximum absolute atomic E-state index is 12.1. The van der Waals surface area contributed by atoms with Crippen molar-refractivity contribution in [1.82, 2.24) is 0 Å². The van der Waals surface area contributed by atoms with E-state index in [1.807, 2.05) is 0 Å². The maximum Gasteiger partial charge on any atom is 0.353 e. The van der Waals surface area contributed by atoms with Gasteiger partial charge in [0, 0.05) is 10.5 Å². The second-order valence-corrected chi connectivity index (χ2v) is 7.36. The Kier molecular flexibility index (Phi) is 5.91. The molecule has 0 aliphatic heterocycles. The zero-order chi connectivity index (χ0) is 17.0. The first-order valence-electron chi connectivity index (χ1n) is 6.07. The van der Waals surface area contributed by atoms with Crippen LogP contribution in [0.2, 0.25) is 0 Å². The highest BCUT2D eigenvalue weighted by molar-refractivity contribution is 9.13. The van der Waals surface area contributed by atoms with Crippen LogP contribution < -0.4 is 9.47 Å². The predicted molar refractivity (Wildman–Crippen MR) is 93.7 cm³/mol. The topological polar surface area (TPSA) is 78.7 Å². The van der Waals surface area contributed by atoms with Crippen LogP contribution in [-0.2, 0) is 0 Å². The number of nitrogens with zero attached hydrogens (tertiary/aromatic N) is 1. The lowest BCUT2D eigenvalue weighted by atomic mass is 10.2. The molecule has 0 saturated heterocycles. The van der Waals surface area contributed by atoms with Crippen molar-refractivity contribution in [1.29, 1.82) is 0 Å². The zero-order valence-corrected chi connectivity index (χ0v) is 15.6. The van der Waals surface area contributed by atoms with Crippen molar-refractivity contribution >= 4 is 55.2 Å². The second kappa shape index (κ2) is 7.71. The van der Waals surface area contributed by atoms with E-state index in [0.717, 1.165) is 14.5 Å². The van der Waals surface area contributed by atoms with Crippen LogP contribution in [0.25, 0.3) is 6.08 Å². The Labute approximate surface area is 152 Å². The SMILES string of the molecule is COc1cc(/C=C/[N+](=O)[O-])ccc1OC(=O)c1cc(Br)c(Br)s1. The number of esters is 1. The summed E-state index contributed by atoms with van der Waals surface area (Å²) in [5.74, 6) is 0.0169. The van der Waals surface area contributed by atoms with Gasteiger partial charge in [-0.05, 0) is 55.6 Å². The molecule has 1 aromatic carbocycles. The van der Waals surface area contributed by atoms with Crippen molar-refractivity contribution in [3.05, 3.63) is 59.3 Å². The van der Waals surface area contributed by atoms with Crippen LogP contribution in [0, 0.1) is 10.1 Å². The van der Waals surface area contributed by atoms with Crippen LogP contribution in [0.15, 0.2) is 38.7 Å². The predicted octanol–water partition coefficient (Wildman–Crippen LogP) is 4.75. The Morgan fingerprint density at radius 2 is 2.04 bits per heavy atom. The molecule has 0 N–H and O–H groups in total. The minimum absolute atomic E-state index is 0.233. The molecule has 2 aromatic rings. The number of halogens is 2. The number of nitro groups is 1. The van der Waals surface area contributed by atoms with Crippen LogP contribution in [0.1, 0.15) is 15.2 Å². The molecule has 0 saturated carbocycles. The minimum Gasteiger partial charge on any atom is -0.493 e. The van der Waals surface area contributed by atoms with Crippen LogP contribution in [0.4, 0.5) is 0 Å². The highest BCUT2D eigenvalue weighted by atomic mass is 79.9. The lowest BCUT2D eigenvalue weighted by Crippen LogP contribution is -2.07. The van der Waals surface area contributed by atoms with Gasteiger partial charge in [0.15, 0.2) is 11.5 Å². The van der Waals surface area contributed by atoms with E-state index in [2.05, 4.69) is 31.9 Å². The molecule has 0 fully saturated rings. The highest BCUT2D eigenvalue weighted by Gasteiger charge is 2.16. The molecule has 1 aromatic heterocycles. The molecule has 0 atom stereocenters. The molecule has 9 heteroatoms. The average Bonchev–Trinajstić information content (AvgIpc) is 2.85. The first kappa shape index (κ1) is 17.6. The van der Waals surface area contributed by atoms with Gasteiger partial charge in [0.2, 0.25) is 6.20 Å². The van der Waals surface area contributed by atoms with E-state index in [4.69, 9.17) is 9.47 Å². The monoisotopic (exact) mass is 461 g/mol. The van der Waals surface area contributed by atoms with Gasteiger partial charge < -0.3 is 9.47 Å². The van der Waals surface area contributed by atoms with Crippen molar-refractivity contribution in [2.45, 2.75) is 0 Å². The van der Waals surface area contributed by atoms with E-state index in [1.165, 1.54) is 30.6 Å². The average molecular weight is 463 g/mol. The Bertz CT molecular complexity index is 768. The first-order valence-corrected chi connectivity index (χ1v) is 8.47. The number of ether oxygens (including phenoxy) is 2. The smallest absolute Gasteiger partial charge is 0.353 e. The van der Waals surface area contributed by atoms with Crippen molar-refractivity contribution in [3.63, 3.8) is 0 Å². The van der Waals surface area contributed by atoms with Gasteiger partial charge in [-0.2, -0.15) is 0 Å². The van der Waals surface area contributed by atoms with Gasteiger partial charge in [-0.3, -0.25) is 10.1 Å². The van der Waals surface area contributed by atoms with Crippen LogP contribution in [0.5, 0.6) is 11.5 Å². The fraction of sp³-hybridized carbons (Fsp3) is 0.0714. The van der Waals surface area contributed by atoms with Gasteiger partial charge in [0.1, 0.15) is 4.88 Å². The number of hydrogen-bond donors (Lipinski definition) is 0. The fourth-order valence-corrected chi connectivity index (χ4v) is 3.53. The molecule has 0 spiro atoms. The van der Waals surface area contributed by atoms with Crippen molar-refractivity contribution < 1.29 is 19.2 Å². The number of rotatable bonds is 5. The number of carbonyl (C=O) groups excluding carboxylic acids is 1. The van der Waals surface area contributed by atoms with Crippen LogP contribution in [-0.4, -0.2) is 18.0 Å². The van der Waals surface area contributed by atoms with Gasteiger partial charge >= 0.3 is 5.97 Å². The van der Waals surface area contributed by atoms with Gasteiger partial charge in [0.05, 0.1) is 15.8 Å². The van der Waals surface area contributed by atoms with Crippen molar-refractivity contribution in [2.24, 2.45) is 0 Å². The van der Waals surface area contributed by atoms with E-state index < -0.39 is 10.9 Å². The Morgan fingerprint density at radius 3 is 2.61 bits per heavy atom. The number of carbonyl (C=O) groups is 1. The normalized spacial score (nSPS) is 10.7. The number of methoxy groups -OCH3 is 1. The Balaban J connectivity index is 2.22. The van der Waals surface area contributed by atoms with Gasteiger partial charge in [0.25, 0.3) is 0 Å². The van der Waals surface area contributed by atoms with E-state index in [0.29, 0.717) is 16.2 Å². The van der Waals surface area contributed by atoms with Gasteiger partial charge in [-0.1, -0.05) is 6.07 Å². The van der Waals surface area contributed by atoms with Gasteiger partial charge in [-0.25, -0.2) is 4.79 Å². The van der Waals surface area contributed by atoms with E-state index in [1.54, 1.807) is 18.2 Å². The minimum atomic E-state index is -0.563. The number of thiophene rings is 1. The third-order valence-electron chi connectivity index (χ3n) is 2.63. The van der Waals surface area contributed by atoms with E-state index in [9.17, 15) is 14.9 Å². The quantitative estimate of drug-likeness (QED) is 0.277. The summed E-state index contributed by atoms with van der Waals surface area (Å²) in [6, 6.07) is 6.31. The summed E-state index contributed by atoms with van der Waals surface area (Å²) >= 11 is 7.86. The molecule has 120 valence electrons. The standard InChI is InChI=1S/C14H9Br2NO5S/c1-21-11-6-8(4-5-17(19)20)2-3-10(11)22-14(18)12-7-9(15)13(16)23-12/h2-7H,1H3/b5-4+. The van der Waals surface area contributed by atoms with Crippen molar-refractivity contribution in [3.8, 4) is 11.5 Å². The summed E-state index contributed by atoms with van der Waals surface area (Å²) in [5.41, 5.74) is 0.556. The lowest BCUT2D eigenvalue weighted by Gasteiger charge is -2.09. The zero-order valence-electron chi connectivity index (χ0n) is 11.6. The summed E-state index contributed by atoms with van der Waals surface area (Å²) < 4.78 is 12.0. The molecular formula is C14H9Br2NO5S. The molecule has 0 radical (unpaired) electrons. The summed E-state index contributed by atoms with van der Waals surface area (Å²) in [6.07, 6.45) is 2.14. The van der Waals surface area contributed by atoms with Crippen LogP contribution >= 0.6 is 43.2 Å². The Morgan fingerprint density at radius 1 is 1.30 bits per heavy atom. The van der Waals surface area contributed by atoms with Crippen LogP contribution in [0.3, 0.4) is 0 Å². The third kappa shape index (κ3) is 4.63. The molecule has 0 amide bonds. The Hall–Kier alpha value is -1.71. The summed E-state index contributed by atoms with van der Waals surface area (Å²) in [4.78, 5) is 22.3. The molecule has 0 unspecified atom stereocenters. The van der Waals surface area contributed by atoms with E-state index in [-0.39, 0.29) is 5.75 Å². The maximum atomic E-state index is 12.1. The molecule has 2 rings (SSSR count). The summed E-state index contributed by atoms with van der Waals surface area (Å²) in [5, 5.41) is 10.3. The van der Waals surface area contributed by atoms with Gasteiger partial charge in [-0.15, -0.1) is 11.3 Å². The number of hydrogen-bond acceptors (Lipinski definition) is 6. The summed E-state index contributed by atoms with van der Waals surface area (Å²) in [6.45, 7) is 0. The van der Waals surface area contributed by atoms with E-state index >= 15 is 0 Å².